The molecule has 2 aliphatic heterocycles. The molecule has 1 atom stereocenters. The third-order valence-electron chi connectivity index (χ3n) is 6.40. The van der Waals surface area contributed by atoms with Gasteiger partial charge in [0.25, 0.3) is 0 Å². The minimum Gasteiger partial charge on any atom is -0.490 e. The van der Waals surface area contributed by atoms with Crippen LogP contribution in [0.5, 0.6) is 5.75 Å². The van der Waals surface area contributed by atoms with Crippen molar-refractivity contribution in [3.8, 4) is 5.75 Å². The zero-order valence-corrected chi connectivity index (χ0v) is 17.1. The Morgan fingerprint density at radius 3 is 2.62 bits per heavy atom. The summed E-state index contributed by atoms with van der Waals surface area (Å²) in [5.41, 5.74) is 3.29. The van der Waals surface area contributed by atoms with Crippen molar-refractivity contribution in [2.75, 3.05) is 38.6 Å². The lowest BCUT2D eigenvalue weighted by molar-refractivity contribution is -0.917. The van der Waals surface area contributed by atoms with Crippen LogP contribution in [0.1, 0.15) is 36.3 Å². The van der Waals surface area contributed by atoms with Crippen molar-refractivity contribution in [1.29, 1.82) is 0 Å². The van der Waals surface area contributed by atoms with Crippen LogP contribution < -0.4 is 10.1 Å². The molecule has 1 fully saturated rings. The minimum atomic E-state index is -0.512. The summed E-state index contributed by atoms with van der Waals surface area (Å²) in [6.45, 7) is 3.13. The first kappa shape index (κ1) is 19.9. The lowest BCUT2D eigenvalue weighted by Gasteiger charge is -2.41. The molecule has 0 bridgehead atoms. The maximum Gasteiger partial charge on any atom is 0.224 e. The molecular weight excluding hydrogens is 364 g/mol. The van der Waals surface area contributed by atoms with E-state index in [1.165, 1.54) is 5.56 Å². The Bertz CT molecular complexity index is 844. The molecule has 0 spiro atoms. The first-order valence-corrected chi connectivity index (χ1v) is 10.6. The van der Waals surface area contributed by atoms with Gasteiger partial charge in [-0.05, 0) is 30.0 Å². The van der Waals surface area contributed by atoms with E-state index in [4.69, 9.17) is 4.74 Å². The molecule has 1 amide bonds. The number of aliphatic hydroxyl groups is 1. The summed E-state index contributed by atoms with van der Waals surface area (Å²) in [5, 5.41) is 13.5. The van der Waals surface area contributed by atoms with E-state index in [1.54, 1.807) is 0 Å². The highest BCUT2D eigenvalue weighted by molar-refractivity contribution is 5.94. The Kier molecular flexibility index (Phi) is 5.88. The van der Waals surface area contributed by atoms with Crippen LogP contribution in [0.2, 0.25) is 0 Å². The number of hydrogen-bond donors (Lipinski definition) is 2. The van der Waals surface area contributed by atoms with Gasteiger partial charge in [-0.3, -0.25) is 4.79 Å². The highest BCUT2D eigenvalue weighted by Gasteiger charge is 2.33. The summed E-state index contributed by atoms with van der Waals surface area (Å²) < 4.78 is 6.85. The van der Waals surface area contributed by atoms with Crippen molar-refractivity contribution in [2.24, 2.45) is 0 Å². The summed E-state index contributed by atoms with van der Waals surface area (Å²) in [6.07, 6.45) is 2.96. The molecule has 2 aromatic rings. The van der Waals surface area contributed by atoms with E-state index in [-0.39, 0.29) is 12.5 Å². The van der Waals surface area contributed by atoms with Gasteiger partial charge in [0.05, 0.1) is 20.1 Å². The van der Waals surface area contributed by atoms with Crippen LogP contribution in [0.25, 0.3) is 0 Å². The van der Waals surface area contributed by atoms with E-state index < -0.39 is 6.10 Å². The van der Waals surface area contributed by atoms with E-state index in [0.29, 0.717) is 25.3 Å². The second kappa shape index (κ2) is 8.56. The zero-order valence-electron chi connectivity index (χ0n) is 17.1. The number of carbonyl (C=O) groups excluding carboxylic acids is 1. The molecule has 5 heteroatoms. The molecule has 2 heterocycles. The molecule has 4 rings (SSSR count). The van der Waals surface area contributed by atoms with Crippen molar-refractivity contribution in [1.82, 2.24) is 0 Å². The highest BCUT2D eigenvalue weighted by Crippen LogP contribution is 2.32. The van der Waals surface area contributed by atoms with Gasteiger partial charge in [0.15, 0.2) is 0 Å². The van der Waals surface area contributed by atoms with Crippen LogP contribution in [0.3, 0.4) is 0 Å². The molecule has 1 unspecified atom stereocenters. The van der Waals surface area contributed by atoms with Crippen LogP contribution in [-0.2, 0) is 11.2 Å². The number of likely N-dealkylation sites (tertiary alicyclic amines) is 1. The molecule has 2 aromatic carbocycles. The number of rotatable bonds is 6. The van der Waals surface area contributed by atoms with Crippen molar-refractivity contribution in [2.45, 2.75) is 37.7 Å². The summed E-state index contributed by atoms with van der Waals surface area (Å²) in [7, 11) is 2.24. The first-order chi connectivity index (χ1) is 14.0. The molecule has 0 aliphatic carbocycles. The molecule has 0 saturated carbocycles. The molecular formula is C24H31N2O3+. The van der Waals surface area contributed by atoms with Gasteiger partial charge in [-0.15, -0.1) is 0 Å². The summed E-state index contributed by atoms with van der Waals surface area (Å²) >= 11 is 0. The lowest BCUT2D eigenvalue weighted by Crippen LogP contribution is -2.54. The maximum atomic E-state index is 11.6. The number of piperidine rings is 1. The monoisotopic (exact) mass is 395 g/mol. The number of quaternary nitrogens is 1. The Hall–Kier alpha value is -2.37. The number of hydrogen-bond acceptors (Lipinski definition) is 3. The van der Waals surface area contributed by atoms with Gasteiger partial charge >= 0.3 is 0 Å². The van der Waals surface area contributed by atoms with Crippen LogP contribution in [0.4, 0.5) is 5.69 Å². The Balaban J connectivity index is 1.30. The molecule has 1 saturated heterocycles. The largest absolute Gasteiger partial charge is 0.490 e. The Morgan fingerprint density at radius 2 is 1.86 bits per heavy atom. The number of nitrogens with zero attached hydrogens (tertiary/aromatic N) is 1. The minimum absolute atomic E-state index is 0.0472. The van der Waals surface area contributed by atoms with Crippen molar-refractivity contribution >= 4 is 11.6 Å². The molecule has 2 aliphatic rings. The number of ether oxygens (including phenoxy) is 1. The van der Waals surface area contributed by atoms with Crippen molar-refractivity contribution < 1.29 is 19.1 Å². The summed E-state index contributed by atoms with van der Waals surface area (Å²) in [4.78, 5) is 11.6. The van der Waals surface area contributed by atoms with Crippen LogP contribution >= 0.6 is 0 Å². The normalized spacial score (nSPS) is 25.0. The number of fused-ring (bicyclic) bond motifs is 1. The van der Waals surface area contributed by atoms with E-state index >= 15 is 0 Å². The number of likely N-dealkylation sites (N-methyl/N-ethyl adjacent to an activating group) is 1. The number of amides is 1. The predicted molar refractivity (Wildman–Crippen MR) is 114 cm³/mol. The maximum absolute atomic E-state index is 11.6. The molecule has 2 N–H and O–H groups in total. The van der Waals surface area contributed by atoms with Gasteiger partial charge in [0.1, 0.15) is 25.0 Å². The summed E-state index contributed by atoms with van der Waals surface area (Å²) in [6, 6.07) is 16.5. The van der Waals surface area contributed by atoms with E-state index in [9.17, 15) is 9.90 Å². The van der Waals surface area contributed by atoms with Gasteiger partial charge in [-0.1, -0.05) is 36.4 Å². The number of aliphatic hydroxyl groups excluding tert-OH is 1. The highest BCUT2D eigenvalue weighted by atomic mass is 16.5. The molecule has 29 heavy (non-hydrogen) atoms. The van der Waals surface area contributed by atoms with Crippen LogP contribution in [0, 0.1) is 0 Å². The fourth-order valence-electron chi connectivity index (χ4n) is 4.71. The number of anilines is 1. The second-order valence-electron chi connectivity index (χ2n) is 8.73. The Morgan fingerprint density at radius 1 is 1.10 bits per heavy atom. The third-order valence-corrected chi connectivity index (χ3v) is 6.40. The predicted octanol–water partition coefficient (Wildman–Crippen LogP) is 3.34. The van der Waals surface area contributed by atoms with Gasteiger partial charge < -0.3 is 19.6 Å². The number of nitrogens with one attached hydrogen (secondary N) is 1. The SMILES string of the molecule is C[N+]1(CC(O)COc2cccc3c2CCC(=O)N3)CCC(c2ccccc2)CC1. The van der Waals surface area contributed by atoms with Gasteiger partial charge in [0.2, 0.25) is 5.91 Å². The molecule has 154 valence electrons. The standard InChI is InChI=1S/C24H30N2O3/c1-26(14-12-19(13-15-26)18-6-3-2-4-7-18)16-20(27)17-29-23-9-5-8-22-21(23)10-11-24(28)25-22/h2-9,19-20,27H,10-17H2,1H3/p+1. The van der Waals surface area contributed by atoms with E-state index in [2.05, 4.69) is 42.7 Å². The average Bonchev–Trinajstić information content (AvgIpc) is 2.73. The van der Waals surface area contributed by atoms with Gasteiger partial charge in [0, 0.05) is 30.5 Å². The van der Waals surface area contributed by atoms with Crippen molar-refractivity contribution in [3.05, 3.63) is 59.7 Å². The smallest absolute Gasteiger partial charge is 0.224 e. The number of carbonyl (C=O) groups is 1. The topological polar surface area (TPSA) is 58.6 Å². The van der Waals surface area contributed by atoms with E-state index in [1.807, 2.05) is 18.2 Å². The fraction of sp³-hybridized carbons (Fsp3) is 0.458. The third kappa shape index (κ3) is 4.80. The van der Waals surface area contributed by atoms with Gasteiger partial charge in [-0.25, -0.2) is 0 Å². The van der Waals surface area contributed by atoms with Crippen LogP contribution in [-0.4, -0.2) is 54.9 Å². The molecule has 0 aromatic heterocycles. The molecule has 5 nitrogen and oxygen atoms in total. The van der Waals surface area contributed by atoms with Crippen molar-refractivity contribution in [3.63, 3.8) is 0 Å². The fourth-order valence-corrected chi connectivity index (χ4v) is 4.71. The van der Waals surface area contributed by atoms with Crippen LogP contribution in [0.15, 0.2) is 48.5 Å². The Labute approximate surface area is 172 Å². The van der Waals surface area contributed by atoms with E-state index in [0.717, 1.165) is 47.4 Å². The zero-order chi connectivity index (χ0) is 20.3. The second-order valence-corrected chi connectivity index (χ2v) is 8.73. The first-order valence-electron chi connectivity index (χ1n) is 10.6. The number of benzene rings is 2. The van der Waals surface area contributed by atoms with Gasteiger partial charge in [-0.2, -0.15) is 0 Å². The lowest BCUT2D eigenvalue weighted by atomic mass is 9.88. The summed E-state index contributed by atoms with van der Waals surface area (Å²) in [5.74, 6) is 1.44. The molecule has 0 radical (unpaired) electrons. The quantitative estimate of drug-likeness (QED) is 0.738. The average molecular weight is 396 g/mol.